The predicted molar refractivity (Wildman–Crippen MR) is 92.2 cm³/mol. The molecule has 0 radical (unpaired) electrons. The van der Waals surface area contributed by atoms with Crippen molar-refractivity contribution < 1.29 is 29.7 Å². The second kappa shape index (κ2) is 6.93. The molecule has 0 saturated carbocycles. The molecule has 1 aliphatic carbocycles. The van der Waals surface area contributed by atoms with E-state index in [0.717, 1.165) is 0 Å². The number of carboxylic acid groups (broad SMARTS) is 1. The molecule has 2 unspecified atom stereocenters. The van der Waals surface area contributed by atoms with Crippen LogP contribution in [0.1, 0.15) is 47.9 Å². The average molecular weight is 344 g/mol. The van der Waals surface area contributed by atoms with Crippen molar-refractivity contribution in [2.75, 3.05) is 0 Å². The van der Waals surface area contributed by atoms with Crippen molar-refractivity contribution in [2.24, 2.45) is 11.8 Å². The van der Waals surface area contributed by atoms with Gasteiger partial charge in [0.2, 0.25) is 0 Å². The number of Topliss-reactive ketones (excluding diaryl/α,β-unsaturated/α-hetero) is 2. The van der Waals surface area contributed by atoms with Gasteiger partial charge in [-0.2, -0.15) is 0 Å². The molecule has 25 heavy (non-hydrogen) atoms. The Kier molecular flexibility index (Phi) is 5.11. The Balaban J connectivity index is 0.00000109. The van der Waals surface area contributed by atoms with E-state index in [1.54, 1.807) is 12.1 Å². The van der Waals surface area contributed by atoms with Crippen molar-refractivity contribution in [1.29, 1.82) is 0 Å². The Morgan fingerprint density at radius 1 is 1.20 bits per heavy atom. The highest BCUT2D eigenvalue weighted by Crippen LogP contribution is 2.42. The van der Waals surface area contributed by atoms with Gasteiger partial charge in [-0.05, 0) is 17.5 Å². The van der Waals surface area contributed by atoms with Gasteiger partial charge in [-0.3, -0.25) is 14.4 Å². The number of phenolic OH excluding ortho intramolecular Hbond substituents is 2. The molecule has 132 valence electrons. The molecule has 0 heterocycles. The van der Waals surface area contributed by atoms with Gasteiger partial charge >= 0.3 is 5.97 Å². The maximum atomic E-state index is 12.6. The highest BCUT2D eigenvalue weighted by atomic mass is 16.4. The maximum Gasteiger partial charge on any atom is 0.306 e. The second-order valence-corrected chi connectivity index (χ2v) is 5.75. The number of phenols is 2. The van der Waals surface area contributed by atoms with Crippen molar-refractivity contribution in [3.63, 3.8) is 0 Å². The lowest BCUT2D eigenvalue weighted by Crippen LogP contribution is -2.34. The number of hydrogen-bond acceptors (Lipinski definition) is 5. The number of aromatic hydroxyl groups is 2. The van der Waals surface area contributed by atoms with Crippen LogP contribution in [0.25, 0.3) is 10.8 Å². The molecule has 2 aromatic carbocycles. The van der Waals surface area contributed by atoms with E-state index in [0.29, 0.717) is 5.39 Å². The Morgan fingerprint density at radius 3 is 2.44 bits per heavy atom. The lowest BCUT2D eigenvalue weighted by Gasteiger charge is -2.26. The Hall–Kier alpha value is -2.89. The van der Waals surface area contributed by atoms with Gasteiger partial charge in [-0.25, -0.2) is 0 Å². The quantitative estimate of drug-likeness (QED) is 0.770. The molecular weight excluding hydrogens is 324 g/mol. The highest BCUT2D eigenvalue weighted by Gasteiger charge is 2.40. The summed E-state index contributed by atoms with van der Waals surface area (Å²) < 4.78 is 0. The zero-order valence-corrected chi connectivity index (χ0v) is 14.2. The highest BCUT2D eigenvalue weighted by molar-refractivity contribution is 6.20. The molecule has 0 aliphatic heterocycles. The van der Waals surface area contributed by atoms with Crippen LogP contribution in [0, 0.1) is 11.8 Å². The number of fused-ring (bicyclic) bond motifs is 2. The molecule has 6 heteroatoms. The molecule has 0 spiro atoms. The number of hydrogen-bond donors (Lipinski definition) is 3. The number of ketones is 2. The molecule has 0 amide bonds. The van der Waals surface area contributed by atoms with Crippen molar-refractivity contribution in [2.45, 2.75) is 27.2 Å². The van der Waals surface area contributed by atoms with Crippen LogP contribution < -0.4 is 0 Å². The fraction of sp³-hybridized carbons (Fsp3) is 0.316. The van der Waals surface area contributed by atoms with Crippen LogP contribution in [0.2, 0.25) is 0 Å². The van der Waals surface area contributed by atoms with Gasteiger partial charge in [0.1, 0.15) is 11.5 Å². The van der Waals surface area contributed by atoms with Crippen LogP contribution in [0.3, 0.4) is 0 Å². The van der Waals surface area contributed by atoms with Gasteiger partial charge in [-0.15, -0.1) is 0 Å². The summed E-state index contributed by atoms with van der Waals surface area (Å²) in [7, 11) is 0. The van der Waals surface area contributed by atoms with E-state index in [1.807, 2.05) is 13.8 Å². The van der Waals surface area contributed by atoms with Gasteiger partial charge in [0.15, 0.2) is 11.6 Å². The van der Waals surface area contributed by atoms with E-state index in [4.69, 9.17) is 5.11 Å². The predicted octanol–water partition coefficient (Wildman–Crippen LogP) is 3.38. The van der Waals surface area contributed by atoms with Gasteiger partial charge in [0.25, 0.3) is 0 Å². The molecule has 1 aliphatic rings. The third-order valence-electron chi connectivity index (χ3n) is 4.40. The number of aliphatic carboxylic acids is 1. The third kappa shape index (κ3) is 2.95. The smallest absolute Gasteiger partial charge is 0.306 e. The first-order chi connectivity index (χ1) is 11.8. The summed E-state index contributed by atoms with van der Waals surface area (Å²) in [4.78, 5) is 36.1. The topological polar surface area (TPSA) is 112 Å². The molecule has 3 N–H and O–H groups in total. The second-order valence-electron chi connectivity index (χ2n) is 5.75. The SMILES string of the molecule is CC.CC(C(=O)O)C1CC(=O)c2c(cc3cccc(O)c3c2O)C1=O. The van der Waals surface area contributed by atoms with E-state index in [2.05, 4.69) is 0 Å². The van der Waals surface area contributed by atoms with Crippen molar-refractivity contribution in [3.05, 3.63) is 35.4 Å². The molecule has 3 rings (SSSR count). The minimum absolute atomic E-state index is 0.00921. The van der Waals surface area contributed by atoms with Crippen LogP contribution >= 0.6 is 0 Å². The van der Waals surface area contributed by atoms with Crippen LogP contribution in [0.4, 0.5) is 0 Å². The van der Waals surface area contributed by atoms with Crippen LogP contribution in [-0.2, 0) is 4.79 Å². The molecule has 2 aromatic rings. The van der Waals surface area contributed by atoms with Crippen LogP contribution in [0.15, 0.2) is 24.3 Å². The number of benzene rings is 2. The molecular formula is C19H20O6. The minimum Gasteiger partial charge on any atom is -0.507 e. The monoisotopic (exact) mass is 344 g/mol. The summed E-state index contributed by atoms with van der Waals surface area (Å²) in [5.41, 5.74) is -0.132. The molecule has 0 bridgehead atoms. The fourth-order valence-electron chi connectivity index (χ4n) is 3.06. The molecule has 0 saturated heterocycles. The maximum absolute atomic E-state index is 12.6. The third-order valence-corrected chi connectivity index (χ3v) is 4.40. The summed E-state index contributed by atoms with van der Waals surface area (Å²) in [5.74, 6) is -4.71. The van der Waals surface area contributed by atoms with Crippen LogP contribution in [0.5, 0.6) is 11.5 Å². The van der Waals surface area contributed by atoms with Crippen molar-refractivity contribution >= 4 is 28.3 Å². The zero-order valence-electron chi connectivity index (χ0n) is 14.2. The molecule has 0 aromatic heterocycles. The number of carbonyl (C=O) groups excluding carboxylic acids is 2. The minimum atomic E-state index is -1.15. The molecule has 2 atom stereocenters. The van der Waals surface area contributed by atoms with E-state index in [-0.39, 0.29) is 28.7 Å². The largest absolute Gasteiger partial charge is 0.507 e. The standard InChI is InChI=1S/C17H14O6.C2H6/c1-7(17(22)23)9-6-12(19)14-10(15(9)20)5-8-3-2-4-11(18)13(8)16(14)21;1-2/h2-5,7,9,18,21H,6H2,1H3,(H,22,23);1-2H3. The summed E-state index contributed by atoms with van der Waals surface area (Å²) in [5, 5.41) is 29.9. The van der Waals surface area contributed by atoms with Gasteiger partial charge in [0, 0.05) is 17.9 Å². The van der Waals surface area contributed by atoms with Crippen LogP contribution in [-0.4, -0.2) is 32.9 Å². The lowest BCUT2D eigenvalue weighted by atomic mass is 9.75. The Morgan fingerprint density at radius 2 is 1.84 bits per heavy atom. The Labute approximate surface area is 144 Å². The van der Waals surface area contributed by atoms with Gasteiger partial charge < -0.3 is 15.3 Å². The summed E-state index contributed by atoms with van der Waals surface area (Å²) in [6.45, 7) is 5.38. The lowest BCUT2D eigenvalue weighted by molar-refractivity contribution is -0.142. The molecule has 0 fully saturated rings. The van der Waals surface area contributed by atoms with Gasteiger partial charge in [-0.1, -0.05) is 32.9 Å². The number of rotatable bonds is 2. The van der Waals surface area contributed by atoms with Crippen molar-refractivity contribution in [3.8, 4) is 11.5 Å². The van der Waals surface area contributed by atoms with E-state index >= 15 is 0 Å². The van der Waals surface area contributed by atoms with Crippen molar-refractivity contribution in [1.82, 2.24) is 0 Å². The van der Waals surface area contributed by atoms with E-state index in [9.17, 15) is 24.6 Å². The normalized spacial score (nSPS) is 17.5. The summed E-state index contributed by atoms with van der Waals surface area (Å²) in [6.07, 6.45) is -0.272. The first-order valence-electron chi connectivity index (χ1n) is 8.10. The first-order valence-corrected chi connectivity index (χ1v) is 8.10. The van der Waals surface area contributed by atoms with Gasteiger partial charge in [0.05, 0.1) is 16.9 Å². The van der Waals surface area contributed by atoms with E-state index < -0.39 is 35.1 Å². The summed E-state index contributed by atoms with van der Waals surface area (Å²) >= 11 is 0. The Bertz CT molecular complexity index is 868. The fourth-order valence-corrected chi connectivity index (χ4v) is 3.06. The summed E-state index contributed by atoms with van der Waals surface area (Å²) in [6, 6.07) is 5.94. The van der Waals surface area contributed by atoms with E-state index in [1.165, 1.54) is 19.1 Å². The molecule has 6 nitrogen and oxygen atoms in total. The average Bonchev–Trinajstić information content (AvgIpc) is 2.58. The first kappa shape index (κ1) is 18.4. The number of carbonyl (C=O) groups is 3. The zero-order chi connectivity index (χ0) is 18.9. The number of carboxylic acids is 1.